The van der Waals surface area contributed by atoms with Crippen LogP contribution < -0.4 is 5.73 Å². The summed E-state index contributed by atoms with van der Waals surface area (Å²) in [6, 6.07) is 6.49. The van der Waals surface area contributed by atoms with E-state index in [0.717, 1.165) is 85.8 Å². The topological polar surface area (TPSA) is 106 Å². The number of ether oxygens (including phenoxy) is 2. The number of pyridine rings is 1. The van der Waals surface area contributed by atoms with Crippen LogP contribution in [0.5, 0.6) is 0 Å². The zero-order valence-corrected chi connectivity index (χ0v) is 23.4. The highest BCUT2D eigenvalue weighted by Gasteiger charge is 2.16. The molecule has 2 aromatic heterocycles. The third-order valence-electron chi connectivity index (χ3n) is 6.33. The molecule has 0 fully saturated rings. The van der Waals surface area contributed by atoms with E-state index < -0.39 is 5.60 Å². The average molecular weight is 512 g/mol. The number of nitrogens with one attached hydrogen (secondary N) is 1. The fraction of sp³-hybridized carbons (Fsp3) is 0.621. The number of fused-ring (bicyclic) bond motifs is 3. The lowest BCUT2D eigenvalue weighted by Crippen LogP contribution is -2.26. The molecule has 0 atom stereocenters. The number of carbonyl (C=O) groups is 1. The van der Waals surface area contributed by atoms with Crippen molar-refractivity contribution in [3.05, 3.63) is 29.6 Å². The molecule has 0 unspecified atom stereocenters. The molecule has 3 N–H and O–H groups in total. The molecule has 0 spiro atoms. The van der Waals surface area contributed by atoms with Crippen LogP contribution in [0.4, 0.5) is 5.82 Å². The van der Waals surface area contributed by atoms with E-state index in [2.05, 4.69) is 47.0 Å². The maximum absolute atomic E-state index is 11.7. The molecule has 3 rings (SSSR count). The summed E-state index contributed by atoms with van der Waals surface area (Å²) in [4.78, 5) is 26.8. The largest absolute Gasteiger partial charge is 0.460 e. The SMILES string of the molecule is CCCCc1nc2c([nH]1)c(N)nc1cc(CCCCCN(C)CCOCCC(=O)OC(C)(C)C)ccc12. The van der Waals surface area contributed by atoms with E-state index in [1.807, 2.05) is 20.8 Å². The second-order valence-electron chi connectivity index (χ2n) is 10.9. The zero-order chi connectivity index (χ0) is 26.8. The lowest BCUT2D eigenvalue weighted by atomic mass is 10.0. The number of anilines is 1. The van der Waals surface area contributed by atoms with Crippen LogP contribution in [0.15, 0.2) is 18.2 Å². The second kappa shape index (κ2) is 13.7. The predicted octanol–water partition coefficient (Wildman–Crippen LogP) is 5.43. The van der Waals surface area contributed by atoms with Gasteiger partial charge < -0.3 is 25.1 Å². The number of benzene rings is 1. The van der Waals surface area contributed by atoms with E-state index in [4.69, 9.17) is 20.2 Å². The van der Waals surface area contributed by atoms with E-state index in [9.17, 15) is 4.79 Å². The Bertz CT molecular complexity index is 1150. The number of esters is 1. The van der Waals surface area contributed by atoms with E-state index >= 15 is 0 Å². The molecule has 8 heteroatoms. The number of unbranched alkanes of at least 4 members (excludes halogenated alkanes) is 3. The fourth-order valence-corrected chi connectivity index (χ4v) is 4.35. The minimum Gasteiger partial charge on any atom is -0.460 e. The smallest absolute Gasteiger partial charge is 0.308 e. The Hall–Kier alpha value is -2.71. The van der Waals surface area contributed by atoms with Crippen LogP contribution in [0.3, 0.4) is 0 Å². The summed E-state index contributed by atoms with van der Waals surface area (Å²) >= 11 is 0. The van der Waals surface area contributed by atoms with Crippen LogP contribution in [0.25, 0.3) is 21.9 Å². The van der Waals surface area contributed by atoms with Crippen LogP contribution in [-0.2, 0) is 27.1 Å². The second-order valence-corrected chi connectivity index (χ2v) is 10.9. The highest BCUT2D eigenvalue weighted by Crippen LogP contribution is 2.27. The molecular weight excluding hydrogens is 466 g/mol. The Labute approximate surface area is 221 Å². The molecule has 0 saturated carbocycles. The van der Waals surface area contributed by atoms with Gasteiger partial charge in [-0.2, -0.15) is 0 Å². The molecule has 0 radical (unpaired) electrons. The summed E-state index contributed by atoms with van der Waals surface area (Å²) < 4.78 is 10.9. The molecule has 37 heavy (non-hydrogen) atoms. The molecule has 0 aliphatic rings. The van der Waals surface area contributed by atoms with Gasteiger partial charge in [0.25, 0.3) is 0 Å². The van der Waals surface area contributed by atoms with Crippen LogP contribution in [0.1, 0.15) is 77.6 Å². The third kappa shape index (κ3) is 9.27. The van der Waals surface area contributed by atoms with Crippen LogP contribution in [-0.4, -0.2) is 64.8 Å². The minimum absolute atomic E-state index is 0.211. The molecule has 0 aliphatic carbocycles. The van der Waals surface area contributed by atoms with Crippen molar-refractivity contribution in [1.82, 2.24) is 19.9 Å². The van der Waals surface area contributed by atoms with E-state index in [1.54, 1.807) is 0 Å². The first-order valence-corrected chi connectivity index (χ1v) is 13.7. The maximum atomic E-state index is 11.7. The quantitative estimate of drug-likeness (QED) is 0.207. The lowest BCUT2D eigenvalue weighted by Gasteiger charge is -2.19. The number of imidazole rings is 1. The predicted molar refractivity (Wildman–Crippen MR) is 151 cm³/mol. The number of H-pyrrole nitrogens is 1. The van der Waals surface area contributed by atoms with Crippen LogP contribution >= 0.6 is 0 Å². The van der Waals surface area contributed by atoms with E-state index in [0.29, 0.717) is 25.5 Å². The van der Waals surface area contributed by atoms with E-state index in [-0.39, 0.29) is 5.97 Å². The Morgan fingerprint density at radius 2 is 1.86 bits per heavy atom. The van der Waals surface area contributed by atoms with Gasteiger partial charge in [0.2, 0.25) is 0 Å². The van der Waals surface area contributed by atoms with Crippen LogP contribution in [0, 0.1) is 0 Å². The number of nitrogens with two attached hydrogens (primary N) is 1. The average Bonchev–Trinajstić information content (AvgIpc) is 3.26. The Morgan fingerprint density at radius 3 is 2.62 bits per heavy atom. The van der Waals surface area contributed by atoms with Crippen LogP contribution in [0.2, 0.25) is 0 Å². The van der Waals surface area contributed by atoms with Crippen molar-refractivity contribution in [2.24, 2.45) is 0 Å². The molecular formula is C29H45N5O3. The number of hydrogen-bond donors (Lipinski definition) is 2. The Kier molecular flexibility index (Phi) is 10.7. The molecule has 8 nitrogen and oxygen atoms in total. The molecule has 0 amide bonds. The van der Waals surface area contributed by atoms with Gasteiger partial charge in [-0.1, -0.05) is 31.9 Å². The van der Waals surface area contributed by atoms with Gasteiger partial charge in [0.15, 0.2) is 0 Å². The van der Waals surface area contributed by atoms with Crippen molar-refractivity contribution >= 4 is 33.7 Å². The van der Waals surface area contributed by atoms with E-state index in [1.165, 1.54) is 5.56 Å². The number of aryl methyl sites for hydroxylation is 2. The number of aromatic nitrogens is 3. The number of likely N-dealkylation sites (N-methyl/N-ethyl adjacent to an activating group) is 1. The lowest BCUT2D eigenvalue weighted by molar-refractivity contribution is -0.156. The molecule has 1 aromatic carbocycles. The van der Waals surface area contributed by atoms with Gasteiger partial charge in [-0.15, -0.1) is 0 Å². The summed E-state index contributed by atoms with van der Waals surface area (Å²) in [6.07, 6.45) is 7.93. The van der Waals surface area contributed by atoms with Crippen molar-refractivity contribution in [3.63, 3.8) is 0 Å². The first kappa shape index (κ1) is 28.9. The van der Waals surface area contributed by atoms with Crippen molar-refractivity contribution in [1.29, 1.82) is 0 Å². The molecule has 0 aliphatic heterocycles. The highest BCUT2D eigenvalue weighted by atomic mass is 16.6. The van der Waals surface area contributed by atoms with Crippen molar-refractivity contribution in [2.45, 2.75) is 84.7 Å². The summed E-state index contributed by atoms with van der Waals surface area (Å²) in [7, 11) is 2.11. The third-order valence-corrected chi connectivity index (χ3v) is 6.33. The number of hydrogen-bond acceptors (Lipinski definition) is 7. The summed E-state index contributed by atoms with van der Waals surface area (Å²) in [5, 5.41) is 1.06. The molecule has 3 aromatic rings. The fourth-order valence-electron chi connectivity index (χ4n) is 4.35. The van der Waals surface area contributed by atoms with Crippen molar-refractivity contribution in [2.75, 3.05) is 39.1 Å². The number of nitrogens with zero attached hydrogens (tertiary/aromatic N) is 3. The van der Waals surface area contributed by atoms with Gasteiger partial charge in [0.05, 0.1) is 25.2 Å². The van der Waals surface area contributed by atoms with Gasteiger partial charge in [0.1, 0.15) is 28.3 Å². The molecule has 0 saturated heterocycles. The summed E-state index contributed by atoms with van der Waals surface area (Å²) in [6.45, 7) is 10.7. The summed E-state index contributed by atoms with van der Waals surface area (Å²) in [5.41, 5.74) is 9.79. The minimum atomic E-state index is -0.443. The van der Waals surface area contributed by atoms with Crippen molar-refractivity contribution in [3.8, 4) is 0 Å². The number of aromatic amines is 1. The Balaban J connectivity index is 1.36. The first-order valence-electron chi connectivity index (χ1n) is 13.7. The normalized spacial score (nSPS) is 12.2. The monoisotopic (exact) mass is 511 g/mol. The molecule has 2 heterocycles. The van der Waals surface area contributed by atoms with Gasteiger partial charge in [-0.3, -0.25) is 4.79 Å². The van der Waals surface area contributed by atoms with Crippen molar-refractivity contribution < 1.29 is 14.3 Å². The van der Waals surface area contributed by atoms with Gasteiger partial charge in [-0.25, -0.2) is 9.97 Å². The zero-order valence-electron chi connectivity index (χ0n) is 23.4. The number of nitrogen functional groups attached to an aromatic ring is 1. The first-order chi connectivity index (χ1) is 17.7. The number of rotatable bonds is 15. The highest BCUT2D eigenvalue weighted by molar-refractivity contribution is 6.06. The maximum Gasteiger partial charge on any atom is 0.308 e. The van der Waals surface area contributed by atoms with Gasteiger partial charge in [0, 0.05) is 18.4 Å². The number of carbonyl (C=O) groups excluding carboxylic acids is 1. The standard InChI is InChI=1S/C29H45N5O3/c1-6-7-12-24-32-26-22-14-13-21(20-23(22)31-28(30)27(26)33-24)11-9-8-10-16-34(5)17-19-36-18-15-25(35)37-29(2,3)4/h13-14,20H,6-12,15-19H2,1-5H3,(H2,30,31)(H,32,33). The van der Waals surface area contributed by atoms with Gasteiger partial charge >= 0.3 is 5.97 Å². The van der Waals surface area contributed by atoms with Gasteiger partial charge in [-0.05, 0) is 71.7 Å². The molecule has 204 valence electrons. The summed E-state index contributed by atoms with van der Waals surface area (Å²) in [5.74, 6) is 1.29. The Morgan fingerprint density at radius 1 is 1.05 bits per heavy atom. The molecule has 0 bridgehead atoms.